The molecule has 1 aromatic heterocycles. The van der Waals surface area contributed by atoms with Crippen molar-refractivity contribution in [1.29, 1.82) is 0 Å². The van der Waals surface area contributed by atoms with E-state index in [1.807, 2.05) is 0 Å². The molecule has 8 heteroatoms. The van der Waals surface area contributed by atoms with Crippen LogP contribution in [0.25, 0.3) is 0 Å². The Hall–Kier alpha value is -1.15. The molecule has 1 aliphatic heterocycles. The van der Waals surface area contributed by atoms with Crippen molar-refractivity contribution in [3.8, 4) is 0 Å². The fourth-order valence-electron chi connectivity index (χ4n) is 2.18. The number of carbonyl (C=O) groups is 1. The van der Waals surface area contributed by atoms with Crippen LogP contribution in [-0.4, -0.2) is 48.3 Å². The summed E-state index contributed by atoms with van der Waals surface area (Å²) in [6.45, 7) is 6.06. The lowest BCUT2D eigenvalue weighted by molar-refractivity contribution is 0.0219. The first-order valence-electron chi connectivity index (χ1n) is 6.81. The van der Waals surface area contributed by atoms with Crippen LogP contribution in [0.2, 0.25) is 0 Å². The molecule has 0 spiro atoms. The molecule has 0 saturated carbocycles. The first kappa shape index (κ1) is 16.2. The summed E-state index contributed by atoms with van der Waals surface area (Å²) in [4.78, 5) is 17.4. The van der Waals surface area contributed by atoms with Crippen LogP contribution in [0.15, 0.2) is 15.9 Å². The number of nitrogens with zero attached hydrogens (tertiary/aromatic N) is 2. The third-order valence-corrected chi connectivity index (χ3v) is 6.53. The number of hydrogen-bond donors (Lipinski definition) is 0. The molecule has 0 aromatic carbocycles. The van der Waals surface area contributed by atoms with Gasteiger partial charge in [-0.25, -0.2) is 18.2 Å². The van der Waals surface area contributed by atoms with Crippen LogP contribution in [0.5, 0.6) is 0 Å². The highest BCUT2D eigenvalue weighted by molar-refractivity contribution is 7.93. The average molecular weight is 332 g/mol. The third-order valence-electron chi connectivity index (χ3n) is 3.12. The highest BCUT2D eigenvalue weighted by atomic mass is 32.2. The van der Waals surface area contributed by atoms with Crippen LogP contribution < -0.4 is 0 Å². The number of hydrogen-bond acceptors (Lipinski definition) is 6. The topological polar surface area (TPSA) is 76.6 Å². The Morgan fingerprint density at radius 1 is 1.48 bits per heavy atom. The average Bonchev–Trinajstić information content (AvgIpc) is 2.91. The summed E-state index contributed by atoms with van der Waals surface area (Å²) in [6.07, 6.45) is 2.21. The van der Waals surface area contributed by atoms with Crippen LogP contribution in [0.1, 0.15) is 33.6 Å². The Morgan fingerprint density at radius 3 is 2.76 bits per heavy atom. The summed E-state index contributed by atoms with van der Waals surface area (Å²) in [7, 11) is -3.47. The molecular weight excluding hydrogens is 312 g/mol. The SMILES string of the molecule is CC(C)(C)OC(=O)N1CCC[C@@H](S(=O)(=O)c2nccs2)C1. The van der Waals surface area contributed by atoms with Gasteiger partial charge >= 0.3 is 6.09 Å². The minimum Gasteiger partial charge on any atom is -0.444 e. The number of rotatable bonds is 2. The van der Waals surface area contributed by atoms with E-state index < -0.39 is 26.8 Å². The largest absolute Gasteiger partial charge is 0.444 e. The number of carbonyl (C=O) groups excluding carboxylic acids is 1. The van der Waals surface area contributed by atoms with Gasteiger partial charge < -0.3 is 9.64 Å². The van der Waals surface area contributed by atoms with Crippen molar-refractivity contribution in [2.24, 2.45) is 0 Å². The molecule has 0 N–H and O–H groups in total. The summed E-state index contributed by atoms with van der Waals surface area (Å²) < 4.78 is 30.4. The molecule has 0 aliphatic carbocycles. The molecule has 1 aliphatic rings. The van der Waals surface area contributed by atoms with E-state index in [-0.39, 0.29) is 10.9 Å². The maximum atomic E-state index is 12.5. The Morgan fingerprint density at radius 2 is 2.19 bits per heavy atom. The maximum absolute atomic E-state index is 12.5. The van der Waals surface area contributed by atoms with E-state index in [0.717, 1.165) is 11.3 Å². The van der Waals surface area contributed by atoms with Gasteiger partial charge in [-0.15, -0.1) is 11.3 Å². The van der Waals surface area contributed by atoms with Gasteiger partial charge in [0.25, 0.3) is 0 Å². The number of piperidine rings is 1. The monoisotopic (exact) mass is 332 g/mol. The van der Waals surface area contributed by atoms with Gasteiger partial charge in [0.2, 0.25) is 14.2 Å². The van der Waals surface area contributed by atoms with Crippen LogP contribution >= 0.6 is 11.3 Å². The standard InChI is InChI=1S/C13H20N2O4S2/c1-13(2,3)19-12(16)15-7-4-5-10(9-15)21(17,18)11-14-6-8-20-11/h6,8,10H,4-5,7,9H2,1-3H3/t10-/m1/s1. The Bertz CT molecular complexity index is 590. The fraction of sp³-hybridized carbons (Fsp3) is 0.692. The molecule has 6 nitrogen and oxygen atoms in total. The third kappa shape index (κ3) is 3.94. The maximum Gasteiger partial charge on any atom is 0.410 e. The first-order chi connectivity index (χ1) is 9.70. The Labute approximate surface area is 129 Å². The zero-order valence-corrected chi connectivity index (χ0v) is 14.0. The molecule has 1 saturated heterocycles. The lowest BCUT2D eigenvalue weighted by Gasteiger charge is -2.33. The predicted molar refractivity (Wildman–Crippen MR) is 80.1 cm³/mol. The summed E-state index contributed by atoms with van der Waals surface area (Å²) in [5.41, 5.74) is -0.585. The predicted octanol–water partition coefficient (Wildman–Crippen LogP) is 2.32. The Kier molecular flexibility index (Phi) is 4.57. The molecule has 1 aromatic rings. The minimum atomic E-state index is -3.47. The van der Waals surface area contributed by atoms with Crippen molar-refractivity contribution >= 4 is 27.3 Å². The molecule has 1 fully saturated rings. The van der Waals surface area contributed by atoms with Crippen molar-refractivity contribution in [2.45, 2.75) is 48.8 Å². The molecule has 0 radical (unpaired) electrons. The van der Waals surface area contributed by atoms with Crippen molar-refractivity contribution in [2.75, 3.05) is 13.1 Å². The second kappa shape index (κ2) is 5.92. The molecule has 2 rings (SSSR count). The van der Waals surface area contributed by atoms with E-state index in [1.165, 1.54) is 11.1 Å². The molecule has 2 heterocycles. The van der Waals surface area contributed by atoms with Crippen molar-refractivity contribution in [3.63, 3.8) is 0 Å². The second-order valence-corrected chi connectivity index (χ2v) is 9.33. The van der Waals surface area contributed by atoms with E-state index in [9.17, 15) is 13.2 Å². The number of aromatic nitrogens is 1. The van der Waals surface area contributed by atoms with E-state index in [0.29, 0.717) is 19.4 Å². The number of thiazole rings is 1. The minimum absolute atomic E-state index is 0.124. The number of ether oxygens (including phenoxy) is 1. The molecule has 0 unspecified atom stereocenters. The van der Waals surface area contributed by atoms with E-state index >= 15 is 0 Å². The van der Waals surface area contributed by atoms with Gasteiger partial charge in [0.1, 0.15) is 5.60 Å². The smallest absolute Gasteiger partial charge is 0.410 e. The van der Waals surface area contributed by atoms with Crippen LogP contribution in [0, 0.1) is 0 Å². The van der Waals surface area contributed by atoms with Gasteiger partial charge in [0.05, 0.1) is 5.25 Å². The van der Waals surface area contributed by atoms with Crippen LogP contribution in [0.4, 0.5) is 4.79 Å². The van der Waals surface area contributed by atoms with Crippen LogP contribution in [-0.2, 0) is 14.6 Å². The van der Waals surface area contributed by atoms with Crippen LogP contribution in [0.3, 0.4) is 0 Å². The fourth-order valence-corrected chi connectivity index (χ4v) is 4.99. The molecule has 0 bridgehead atoms. The summed E-state index contributed by atoms with van der Waals surface area (Å²) in [6, 6.07) is 0. The van der Waals surface area contributed by atoms with Crippen molar-refractivity contribution < 1.29 is 17.9 Å². The lowest BCUT2D eigenvalue weighted by atomic mass is 10.1. The zero-order chi connectivity index (χ0) is 15.7. The van der Waals surface area contributed by atoms with Gasteiger partial charge in [-0.1, -0.05) is 0 Å². The highest BCUT2D eigenvalue weighted by Crippen LogP contribution is 2.26. The molecule has 118 valence electrons. The van der Waals surface area contributed by atoms with Gasteiger partial charge in [0, 0.05) is 24.7 Å². The Balaban J connectivity index is 2.09. The van der Waals surface area contributed by atoms with E-state index in [1.54, 1.807) is 26.2 Å². The summed E-state index contributed by atoms with van der Waals surface area (Å²) in [5, 5.41) is 1.03. The molecule has 1 amide bonds. The molecular formula is C13H20N2O4S2. The number of amides is 1. The highest BCUT2D eigenvalue weighted by Gasteiger charge is 2.36. The number of likely N-dealkylation sites (tertiary alicyclic amines) is 1. The van der Waals surface area contributed by atoms with E-state index in [2.05, 4.69) is 4.98 Å². The quantitative estimate of drug-likeness (QED) is 0.830. The van der Waals surface area contributed by atoms with E-state index in [4.69, 9.17) is 4.74 Å². The number of sulfone groups is 1. The first-order valence-corrected chi connectivity index (χ1v) is 9.24. The van der Waals surface area contributed by atoms with Crippen molar-refractivity contribution in [3.05, 3.63) is 11.6 Å². The molecule has 21 heavy (non-hydrogen) atoms. The van der Waals surface area contributed by atoms with Gasteiger partial charge in [-0.2, -0.15) is 0 Å². The normalized spacial score (nSPS) is 20.3. The molecule has 1 atom stereocenters. The van der Waals surface area contributed by atoms with Gasteiger partial charge in [0.15, 0.2) is 0 Å². The lowest BCUT2D eigenvalue weighted by Crippen LogP contribution is -2.47. The summed E-state index contributed by atoms with van der Waals surface area (Å²) >= 11 is 1.11. The van der Waals surface area contributed by atoms with Gasteiger partial charge in [-0.05, 0) is 33.6 Å². The zero-order valence-electron chi connectivity index (χ0n) is 12.4. The van der Waals surface area contributed by atoms with Crippen molar-refractivity contribution in [1.82, 2.24) is 9.88 Å². The second-order valence-electron chi connectivity index (χ2n) is 6.03. The summed E-state index contributed by atoms with van der Waals surface area (Å²) in [5.74, 6) is 0. The van der Waals surface area contributed by atoms with Gasteiger partial charge in [-0.3, -0.25) is 0 Å².